The number of benzene rings is 2. The van der Waals surface area contributed by atoms with Gasteiger partial charge >= 0.3 is 6.18 Å². The van der Waals surface area contributed by atoms with Crippen LogP contribution in [0.1, 0.15) is 17.0 Å². The zero-order valence-corrected chi connectivity index (χ0v) is 13.1. The molecule has 0 saturated heterocycles. The Kier molecular flexibility index (Phi) is 4.26. The summed E-state index contributed by atoms with van der Waals surface area (Å²) < 4.78 is 38.5. The van der Waals surface area contributed by atoms with Crippen LogP contribution in [0.3, 0.4) is 0 Å². The minimum Gasteiger partial charge on any atom is -0.228 e. The molecule has 2 nitrogen and oxygen atoms in total. The summed E-state index contributed by atoms with van der Waals surface area (Å²) in [5.41, 5.74) is 0.463. The van der Waals surface area contributed by atoms with Crippen LogP contribution in [0.4, 0.5) is 13.2 Å². The molecule has 0 radical (unpaired) electrons. The van der Waals surface area contributed by atoms with Gasteiger partial charge in [-0.05, 0) is 29.3 Å². The van der Waals surface area contributed by atoms with Gasteiger partial charge in [0.1, 0.15) is 5.69 Å². The average Bonchev–Trinajstić information content (AvgIpc) is 2.51. The molecule has 0 bridgehead atoms. The summed E-state index contributed by atoms with van der Waals surface area (Å²) in [4.78, 5) is 7.72. The number of nitrogens with zero attached hydrogens (tertiary/aromatic N) is 2. The van der Waals surface area contributed by atoms with E-state index < -0.39 is 11.9 Å². The Hall–Kier alpha value is -2.08. The Balaban J connectivity index is 1.87. The maximum absolute atomic E-state index is 12.8. The quantitative estimate of drug-likeness (QED) is 0.483. The van der Waals surface area contributed by atoms with Crippen molar-refractivity contribution in [2.24, 2.45) is 0 Å². The lowest BCUT2D eigenvalue weighted by atomic mass is 10.1. The van der Waals surface area contributed by atoms with E-state index in [2.05, 4.69) is 9.97 Å². The molecule has 2 aromatic carbocycles. The van der Waals surface area contributed by atoms with Crippen LogP contribution in [0, 0.1) is 6.92 Å². The minimum atomic E-state index is -4.46. The lowest BCUT2D eigenvalue weighted by molar-refractivity contribution is -0.141. The third kappa shape index (κ3) is 3.64. The molecule has 1 aromatic heterocycles. The second kappa shape index (κ2) is 6.20. The number of fused-ring (bicyclic) bond motifs is 1. The molecule has 0 spiro atoms. The first-order valence-corrected chi connectivity index (χ1v) is 7.94. The molecular formula is C17H13F3N2S. The van der Waals surface area contributed by atoms with Gasteiger partial charge in [-0.25, -0.2) is 9.97 Å². The summed E-state index contributed by atoms with van der Waals surface area (Å²) in [6, 6.07) is 14.8. The highest BCUT2D eigenvalue weighted by Gasteiger charge is 2.33. The van der Waals surface area contributed by atoms with Crippen LogP contribution in [0.15, 0.2) is 53.7 Å². The van der Waals surface area contributed by atoms with Crippen LogP contribution < -0.4 is 0 Å². The Labute approximate surface area is 135 Å². The molecule has 0 N–H and O–H groups in total. The summed E-state index contributed by atoms with van der Waals surface area (Å²) in [5.74, 6) is 0.516. The van der Waals surface area contributed by atoms with Crippen molar-refractivity contribution in [1.82, 2.24) is 9.97 Å². The second-order valence-electron chi connectivity index (χ2n) is 5.10. The Morgan fingerprint density at radius 1 is 1.00 bits per heavy atom. The first kappa shape index (κ1) is 15.8. The summed E-state index contributed by atoms with van der Waals surface area (Å²) in [5, 5.41) is 2.34. The van der Waals surface area contributed by atoms with E-state index in [9.17, 15) is 13.2 Å². The molecule has 0 atom stereocenters. The number of thioether (sulfide) groups is 1. The number of rotatable bonds is 3. The molecule has 0 saturated carbocycles. The minimum absolute atomic E-state index is 0.144. The zero-order valence-electron chi connectivity index (χ0n) is 12.3. The van der Waals surface area contributed by atoms with Crippen LogP contribution >= 0.6 is 11.8 Å². The summed E-state index contributed by atoms with van der Waals surface area (Å²) in [7, 11) is 0. The van der Waals surface area contributed by atoms with Crippen molar-refractivity contribution in [3.8, 4) is 0 Å². The zero-order chi connectivity index (χ0) is 16.4. The lowest BCUT2D eigenvalue weighted by Gasteiger charge is -2.09. The van der Waals surface area contributed by atoms with Gasteiger partial charge in [-0.1, -0.05) is 54.2 Å². The molecule has 0 fully saturated rings. The van der Waals surface area contributed by atoms with E-state index in [4.69, 9.17) is 0 Å². The van der Waals surface area contributed by atoms with E-state index >= 15 is 0 Å². The predicted octanol–water partition coefficient (Wildman–Crippen LogP) is 5.25. The largest absolute Gasteiger partial charge is 0.433 e. The van der Waals surface area contributed by atoms with E-state index in [0.717, 1.165) is 22.4 Å². The van der Waals surface area contributed by atoms with Crippen LogP contribution in [0.25, 0.3) is 10.8 Å². The van der Waals surface area contributed by atoms with Gasteiger partial charge < -0.3 is 0 Å². The fourth-order valence-electron chi connectivity index (χ4n) is 2.31. The maximum atomic E-state index is 12.8. The number of hydrogen-bond acceptors (Lipinski definition) is 3. The van der Waals surface area contributed by atoms with Crippen LogP contribution in [-0.2, 0) is 11.9 Å². The van der Waals surface area contributed by atoms with Crippen molar-refractivity contribution >= 4 is 22.5 Å². The van der Waals surface area contributed by atoms with Crippen molar-refractivity contribution in [2.45, 2.75) is 24.0 Å². The molecule has 23 heavy (non-hydrogen) atoms. The maximum Gasteiger partial charge on any atom is 0.433 e. The van der Waals surface area contributed by atoms with Gasteiger partial charge in [0.05, 0.1) is 0 Å². The smallest absolute Gasteiger partial charge is 0.228 e. The third-order valence-electron chi connectivity index (χ3n) is 3.36. The summed E-state index contributed by atoms with van der Waals surface area (Å²) in [6.07, 6.45) is -4.46. The van der Waals surface area contributed by atoms with E-state index in [1.54, 1.807) is 6.92 Å². The van der Waals surface area contributed by atoms with Gasteiger partial charge in [0.2, 0.25) is 0 Å². The van der Waals surface area contributed by atoms with Gasteiger partial charge in [0.15, 0.2) is 5.16 Å². The van der Waals surface area contributed by atoms with Gasteiger partial charge in [-0.2, -0.15) is 13.2 Å². The van der Waals surface area contributed by atoms with Gasteiger partial charge in [-0.15, -0.1) is 0 Å². The molecule has 0 aliphatic rings. The summed E-state index contributed by atoms with van der Waals surface area (Å²) >= 11 is 1.21. The molecule has 0 unspecified atom stereocenters. The number of aromatic nitrogens is 2. The van der Waals surface area contributed by atoms with E-state index in [1.165, 1.54) is 11.8 Å². The third-order valence-corrected chi connectivity index (χ3v) is 4.26. The fraction of sp³-hybridized carbons (Fsp3) is 0.176. The van der Waals surface area contributed by atoms with Crippen molar-refractivity contribution in [3.63, 3.8) is 0 Å². The lowest BCUT2D eigenvalue weighted by Crippen LogP contribution is -2.10. The van der Waals surface area contributed by atoms with Crippen LogP contribution in [-0.4, -0.2) is 9.97 Å². The predicted molar refractivity (Wildman–Crippen MR) is 85.3 cm³/mol. The SMILES string of the molecule is Cc1cc(C(F)(F)F)nc(SCc2cccc3ccccc23)n1. The molecule has 0 aliphatic carbocycles. The van der Waals surface area contributed by atoms with Crippen molar-refractivity contribution < 1.29 is 13.2 Å². The van der Waals surface area contributed by atoms with E-state index in [-0.39, 0.29) is 5.16 Å². The second-order valence-corrected chi connectivity index (χ2v) is 6.04. The number of hydrogen-bond donors (Lipinski definition) is 0. The molecule has 118 valence electrons. The molecule has 3 aromatic rings. The normalized spacial score (nSPS) is 11.8. The van der Waals surface area contributed by atoms with Crippen LogP contribution in [0.2, 0.25) is 0 Å². The van der Waals surface area contributed by atoms with Gasteiger partial charge in [-0.3, -0.25) is 0 Å². The van der Waals surface area contributed by atoms with E-state index in [1.807, 2.05) is 42.5 Å². The number of aryl methyl sites for hydroxylation is 1. The Morgan fingerprint density at radius 3 is 2.52 bits per heavy atom. The highest BCUT2D eigenvalue weighted by Crippen LogP contribution is 2.31. The van der Waals surface area contributed by atoms with Crippen molar-refractivity contribution in [2.75, 3.05) is 0 Å². The van der Waals surface area contributed by atoms with Gasteiger partial charge in [0.25, 0.3) is 0 Å². The standard InChI is InChI=1S/C17H13F3N2S/c1-11-9-15(17(18,19)20)22-16(21-11)23-10-13-7-4-6-12-5-2-3-8-14(12)13/h2-9H,10H2,1H3. The first-order valence-electron chi connectivity index (χ1n) is 6.96. The highest BCUT2D eigenvalue weighted by atomic mass is 32.2. The molecule has 0 aliphatic heterocycles. The Morgan fingerprint density at radius 2 is 1.74 bits per heavy atom. The molecular weight excluding hydrogens is 321 g/mol. The number of alkyl halides is 3. The Bertz CT molecular complexity index is 841. The number of halogens is 3. The van der Waals surface area contributed by atoms with Crippen molar-refractivity contribution in [3.05, 3.63) is 65.5 Å². The molecule has 6 heteroatoms. The van der Waals surface area contributed by atoms with Crippen LogP contribution in [0.5, 0.6) is 0 Å². The fourth-order valence-corrected chi connectivity index (χ4v) is 3.22. The molecule has 0 amide bonds. The molecule has 1 heterocycles. The van der Waals surface area contributed by atoms with Crippen molar-refractivity contribution in [1.29, 1.82) is 0 Å². The first-order chi connectivity index (χ1) is 10.9. The van der Waals surface area contributed by atoms with E-state index in [0.29, 0.717) is 11.4 Å². The highest BCUT2D eigenvalue weighted by molar-refractivity contribution is 7.98. The van der Waals surface area contributed by atoms with Gasteiger partial charge in [0, 0.05) is 11.4 Å². The monoisotopic (exact) mass is 334 g/mol. The molecule has 3 rings (SSSR count). The topological polar surface area (TPSA) is 25.8 Å². The summed E-state index contributed by atoms with van der Waals surface area (Å²) in [6.45, 7) is 1.54. The average molecular weight is 334 g/mol.